The van der Waals surface area contributed by atoms with Crippen molar-refractivity contribution in [2.75, 3.05) is 0 Å². The van der Waals surface area contributed by atoms with Crippen molar-refractivity contribution in [3.8, 4) is 22.3 Å². The van der Waals surface area contributed by atoms with Crippen molar-refractivity contribution in [3.05, 3.63) is 145 Å². The van der Waals surface area contributed by atoms with Crippen molar-refractivity contribution in [2.24, 2.45) is 0 Å². The third-order valence-corrected chi connectivity index (χ3v) is 7.06. The van der Waals surface area contributed by atoms with Gasteiger partial charge in [-0.2, -0.15) is 0 Å². The third-order valence-electron chi connectivity index (χ3n) is 7.06. The Morgan fingerprint density at radius 1 is 0.450 bits per heavy atom. The van der Waals surface area contributed by atoms with Gasteiger partial charge in [-0.05, 0) is 94.1 Å². The molecule has 0 heteroatoms. The molecule has 8 rings (SSSR count). The van der Waals surface area contributed by atoms with Crippen LogP contribution in [0.15, 0.2) is 139 Å². The molecule has 188 valence electrons. The van der Waals surface area contributed by atoms with Crippen LogP contribution in [0.1, 0.15) is 41.3 Å². The summed E-state index contributed by atoms with van der Waals surface area (Å²) in [4.78, 5) is 0. The lowest BCUT2D eigenvalue weighted by molar-refractivity contribution is 1.18. The maximum absolute atomic E-state index is 9.56. The molecule has 0 saturated carbocycles. The monoisotopic (exact) mass is 529 g/mol. The topological polar surface area (TPSA) is 0 Å². The highest BCUT2D eigenvalue weighted by atomic mass is 14.2. The fourth-order valence-corrected chi connectivity index (χ4v) is 5.39. The van der Waals surface area contributed by atoms with Crippen LogP contribution < -0.4 is 0 Å². The van der Waals surface area contributed by atoms with Gasteiger partial charge >= 0.3 is 0 Å². The lowest BCUT2D eigenvalue weighted by Gasteiger charge is -2.19. The molecule has 0 atom stereocenters. The molecule has 8 aromatic rings. The molecule has 0 bridgehead atoms. The van der Waals surface area contributed by atoms with Gasteiger partial charge in [-0.15, -0.1) is 0 Å². The second-order valence-corrected chi connectivity index (χ2v) is 9.08. The van der Waals surface area contributed by atoms with Crippen molar-refractivity contribution in [3.63, 3.8) is 0 Å². The molecule has 8 aromatic carbocycles. The molecule has 0 aliphatic carbocycles. The predicted molar refractivity (Wildman–Crippen MR) is 174 cm³/mol. The zero-order valence-electron chi connectivity index (χ0n) is 41.9. The SMILES string of the molecule is [2H]c1cc([2H])c(-c2c3c([2H])c([2H])c([2H])c([2H])c3c(-c3c([2H])c([2H])c([2H])c4c3c([2H])c([2H])c3c(CC)c5c([2H])c([2H])c([2H])c([2H])c5c([2H])c34)c3c([2H])c([2H])c([2H])c([2H])c23)c([2H])c1. The Balaban J connectivity index is 1.81. The Bertz CT molecular complexity index is 3300. The lowest BCUT2D eigenvalue weighted by atomic mass is 9.84. The first-order valence-electron chi connectivity index (χ1n) is 23.0. The highest BCUT2D eigenvalue weighted by molar-refractivity contribution is 6.25. The standard InChI is InChI=1S/C40H28/c1-2-28-29-16-7-6-15-27(29)25-38-30-21-12-22-33(32(30)24-23-31(28)38)40-36-19-10-8-17-34(36)39(26-13-4-3-5-14-26)35-18-9-11-20-37(35)40/h3-25H,2H2,1H3/i3D,6D,7D,8D,9D,10D,11D,12D,13D,14D,15D,16D,17D,18D,19D,20D,21D,22D,23D,24D,25D. The molecule has 0 radical (unpaired) electrons. The minimum absolute atomic E-state index is 0.0109. The average Bonchev–Trinajstić information content (AvgIpc) is 3.21. The van der Waals surface area contributed by atoms with Crippen LogP contribution in [0.25, 0.3) is 76.1 Å². The van der Waals surface area contributed by atoms with E-state index in [9.17, 15) is 12.3 Å². The fraction of sp³-hybridized carbons (Fsp3) is 0.0500. The Hall–Kier alpha value is -4.94. The molecule has 0 aliphatic rings. The largest absolute Gasteiger partial charge is 0.0636 e. The molecule has 0 heterocycles. The Kier molecular flexibility index (Phi) is 2.32. The third kappa shape index (κ3) is 3.33. The molecule has 0 unspecified atom stereocenters. The van der Waals surface area contributed by atoms with Crippen LogP contribution in [0.3, 0.4) is 0 Å². The molecule has 0 nitrogen and oxygen atoms in total. The van der Waals surface area contributed by atoms with Gasteiger partial charge in [0.05, 0.1) is 28.8 Å². The van der Waals surface area contributed by atoms with E-state index in [0.29, 0.717) is 0 Å². The summed E-state index contributed by atoms with van der Waals surface area (Å²) < 4.78 is 189. The maximum atomic E-state index is 9.56. The van der Waals surface area contributed by atoms with Gasteiger partial charge in [-0.25, -0.2) is 0 Å². The van der Waals surface area contributed by atoms with E-state index in [1.165, 1.54) is 0 Å². The quantitative estimate of drug-likeness (QED) is 0.158. The first-order valence-corrected chi connectivity index (χ1v) is 12.5. The van der Waals surface area contributed by atoms with Crippen molar-refractivity contribution in [2.45, 2.75) is 13.3 Å². The number of hydrogen-bond acceptors (Lipinski definition) is 0. The van der Waals surface area contributed by atoms with E-state index in [-0.39, 0.29) is 50.7 Å². The summed E-state index contributed by atoms with van der Waals surface area (Å²) >= 11 is 0. The van der Waals surface area contributed by atoms with E-state index in [4.69, 9.17) is 16.4 Å². The van der Waals surface area contributed by atoms with Gasteiger partial charge in [-0.3, -0.25) is 0 Å². The van der Waals surface area contributed by atoms with Gasteiger partial charge in [-0.1, -0.05) is 140 Å². The number of rotatable bonds is 3. The second kappa shape index (κ2) is 9.07. The van der Waals surface area contributed by atoms with Crippen LogP contribution in [0.4, 0.5) is 0 Å². The Morgan fingerprint density at radius 3 is 1.70 bits per heavy atom. The van der Waals surface area contributed by atoms with Gasteiger partial charge in [0, 0.05) is 0 Å². The number of hydrogen-bond donors (Lipinski definition) is 0. The summed E-state index contributed by atoms with van der Waals surface area (Å²) in [6.07, 6.45) is 0.0109. The van der Waals surface area contributed by atoms with Crippen LogP contribution >= 0.6 is 0 Å². The van der Waals surface area contributed by atoms with Crippen LogP contribution in [0.5, 0.6) is 0 Å². The second-order valence-electron chi connectivity index (χ2n) is 9.08. The molecule has 0 aliphatic heterocycles. The van der Waals surface area contributed by atoms with Crippen molar-refractivity contribution in [1.29, 1.82) is 0 Å². The zero-order valence-corrected chi connectivity index (χ0v) is 20.9. The van der Waals surface area contributed by atoms with Crippen molar-refractivity contribution >= 4 is 53.9 Å². The number of fused-ring (bicyclic) bond motifs is 6. The summed E-state index contributed by atoms with van der Waals surface area (Å²) in [6.45, 7) is 1.63. The first-order chi connectivity index (χ1) is 28.5. The zero-order chi connectivity index (χ0) is 44.9. The molecule has 0 N–H and O–H groups in total. The summed E-state index contributed by atoms with van der Waals surface area (Å²) in [6, 6.07) is -12.5. The van der Waals surface area contributed by atoms with E-state index in [0.717, 1.165) is 12.1 Å². The minimum Gasteiger partial charge on any atom is -0.0622 e. The van der Waals surface area contributed by atoms with Crippen molar-refractivity contribution in [1.82, 2.24) is 0 Å². The average molecular weight is 530 g/mol. The van der Waals surface area contributed by atoms with Gasteiger partial charge in [0.1, 0.15) is 0 Å². The maximum Gasteiger partial charge on any atom is 0.0636 e. The molecular weight excluding hydrogens is 480 g/mol. The van der Waals surface area contributed by atoms with E-state index in [1.54, 1.807) is 6.92 Å². The highest BCUT2D eigenvalue weighted by Gasteiger charge is 2.18. The highest BCUT2D eigenvalue weighted by Crippen LogP contribution is 2.46. The van der Waals surface area contributed by atoms with Gasteiger partial charge in [0.15, 0.2) is 0 Å². The van der Waals surface area contributed by atoms with Crippen LogP contribution in [-0.4, -0.2) is 0 Å². The Labute approximate surface area is 263 Å². The van der Waals surface area contributed by atoms with Gasteiger partial charge in [0.2, 0.25) is 0 Å². The smallest absolute Gasteiger partial charge is 0.0622 e. The summed E-state index contributed by atoms with van der Waals surface area (Å²) in [5, 5.41) is -3.66. The molecule has 0 saturated heterocycles. The summed E-state index contributed by atoms with van der Waals surface area (Å²) in [7, 11) is 0. The molecular formula is C40H28. The normalized spacial score (nSPS) is 19.1. The molecule has 40 heavy (non-hydrogen) atoms. The number of benzene rings is 8. The van der Waals surface area contributed by atoms with E-state index < -0.39 is 164 Å². The first kappa shape index (κ1) is 10.2. The fourth-order valence-electron chi connectivity index (χ4n) is 5.39. The minimum atomic E-state index is -0.856. The molecule has 0 aromatic heterocycles. The van der Waals surface area contributed by atoms with Crippen LogP contribution in [-0.2, 0) is 6.42 Å². The van der Waals surface area contributed by atoms with E-state index >= 15 is 0 Å². The van der Waals surface area contributed by atoms with Gasteiger partial charge < -0.3 is 0 Å². The molecule has 0 fully saturated rings. The van der Waals surface area contributed by atoms with Gasteiger partial charge in [0.25, 0.3) is 0 Å². The van der Waals surface area contributed by atoms with Crippen molar-refractivity contribution < 1.29 is 28.8 Å². The summed E-state index contributed by atoms with van der Waals surface area (Å²) in [5.74, 6) is 0. The lowest BCUT2D eigenvalue weighted by Crippen LogP contribution is -1.92. The number of aryl methyl sites for hydroxylation is 1. The van der Waals surface area contributed by atoms with E-state index in [2.05, 4.69) is 0 Å². The molecule has 0 spiro atoms. The Morgan fingerprint density at radius 2 is 1.02 bits per heavy atom. The van der Waals surface area contributed by atoms with E-state index in [1.807, 2.05) is 0 Å². The summed E-state index contributed by atoms with van der Waals surface area (Å²) in [5.41, 5.74) is -1.70. The predicted octanol–water partition coefficient (Wildman–Crippen LogP) is 11.3. The molecule has 0 amide bonds. The van der Waals surface area contributed by atoms with Crippen LogP contribution in [0, 0.1) is 0 Å². The van der Waals surface area contributed by atoms with Crippen LogP contribution in [0.2, 0.25) is 0 Å².